The van der Waals surface area contributed by atoms with Crippen molar-refractivity contribution in [3.8, 4) is 6.07 Å². The molecule has 1 rings (SSSR count). The lowest BCUT2D eigenvalue weighted by atomic mass is 9.87. The maximum atomic E-state index is 8.92. The van der Waals surface area contributed by atoms with Crippen molar-refractivity contribution in [2.45, 2.75) is 45.4 Å². The first-order chi connectivity index (χ1) is 5.88. The standard InChI is InChI=1S/C11H17N/c1-2-6-11(9-12)10-7-4-3-5-8-10/h7,11H,2-6,8H2,1H3/t11-/m0/s1. The molecular formula is C11H17N. The highest BCUT2D eigenvalue weighted by atomic mass is 14.3. The molecule has 1 heteroatoms. The lowest BCUT2D eigenvalue weighted by Gasteiger charge is -2.16. The Hall–Kier alpha value is -0.770. The number of allylic oxidation sites excluding steroid dienone is 2. The number of hydrogen-bond donors (Lipinski definition) is 0. The van der Waals surface area contributed by atoms with Gasteiger partial charge in [-0.05, 0) is 32.1 Å². The number of nitriles is 1. The van der Waals surface area contributed by atoms with Crippen molar-refractivity contribution < 1.29 is 0 Å². The molecule has 0 radical (unpaired) electrons. The van der Waals surface area contributed by atoms with Gasteiger partial charge < -0.3 is 0 Å². The van der Waals surface area contributed by atoms with Crippen molar-refractivity contribution in [3.05, 3.63) is 11.6 Å². The predicted molar refractivity (Wildman–Crippen MR) is 50.6 cm³/mol. The van der Waals surface area contributed by atoms with Gasteiger partial charge >= 0.3 is 0 Å². The van der Waals surface area contributed by atoms with Crippen LogP contribution in [0, 0.1) is 17.2 Å². The molecule has 66 valence electrons. The first-order valence-corrected chi connectivity index (χ1v) is 4.97. The third kappa shape index (κ3) is 2.37. The molecule has 0 N–H and O–H groups in total. The molecule has 0 aromatic rings. The Balaban J connectivity index is 2.53. The molecule has 0 amide bonds. The van der Waals surface area contributed by atoms with Crippen LogP contribution in [0.2, 0.25) is 0 Å². The Morgan fingerprint density at radius 2 is 2.42 bits per heavy atom. The van der Waals surface area contributed by atoms with Crippen LogP contribution in [0.3, 0.4) is 0 Å². The normalized spacial score (nSPS) is 19.5. The fourth-order valence-corrected chi connectivity index (χ4v) is 1.80. The summed E-state index contributed by atoms with van der Waals surface area (Å²) >= 11 is 0. The molecule has 1 atom stereocenters. The van der Waals surface area contributed by atoms with Gasteiger partial charge in [-0.25, -0.2) is 0 Å². The van der Waals surface area contributed by atoms with Gasteiger partial charge in [0.2, 0.25) is 0 Å². The molecule has 0 heterocycles. The molecule has 0 aromatic carbocycles. The van der Waals surface area contributed by atoms with E-state index in [0.29, 0.717) is 0 Å². The van der Waals surface area contributed by atoms with Crippen molar-refractivity contribution >= 4 is 0 Å². The molecular weight excluding hydrogens is 146 g/mol. The maximum Gasteiger partial charge on any atom is 0.0700 e. The van der Waals surface area contributed by atoms with Crippen LogP contribution in [-0.4, -0.2) is 0 Å². The van der Waals surface area contributed by atoms with Crippen LogP contribution < -0.4 is 0 Å². The lowest BCUT2D eigenvalue weighted by Crippen LogP contribution is -2.04. The molecule has 1 aliphatic carbocycles. The van der Waals surface area contributed by atoms with Crippen LogP contribution >= 0.6 is 0 Å². The second-order valence-corrected chi connectivity index (χ2v) is 3.50. The third-order valence-electron chi connectivity index (χ3n) is 2.51. The highest BCUT2D eigenvalue weighted by Gasteiger charge is 2.13. The predicted octanol–water partition coefficient (Wildman–Crippen LogP) is 3.43. The minimum atomic E-state index is 0.218. The number of hydrogen-bond acceptors (Lipinski definition) is 1. The summed E-state index contributed by atoms with van der Waals surface area (Å²) in [7, 11) is 0. The van der Waals surface area contributed by atoms with E-state index in [9.17, 15) is 0 Å². The van der Waals surface area contributed by atoms with Crippen LogP contribution in [0.25, 0.3) is 0 Å². The molecule has 1 aliphatic rings. The highest BCUT2D eigenvalue weighted by molar-refractivity contribution is 5.15. The summed E-state index contributed by atoms with van der Waals surface area (Å²) in [6.07, 6.45) is 9.40. The van der Waals surface area contributed by atoms with E-state index in [1.165, 1.54) is 24.8 Å². The van der Waals surface area contributed by atoms with Crippen LogP contribution in [0.5, 0.6) is 0 Å². The molecule has 0 saturated carbocycles. The quantitative estimate of drug-likeness (QED) is 0.585. The zero-order valence-corrected chi connectivity index (χ0v) is 7.84. The maximum absolute atomic E-state index is 8.92. The van der Waals surface area contributed by atoms with Crippen LogP contribution in [0.4, 0.5) is 0 Å². The van der Waals surface area contributed by atoms with Gasteiger partial charge in [0.15, 0.2) is 0 Å². The summed E-state index contributed by atoms with van der Waals surface area (Å²) in [6, 6.07) is 2.40. The van der Waals surface area contributed by atoms with E-state index in [0.717, 1.165) is 19.3 Å². The van der Waals surface area contributed by atoms with Gasteiger partial charge in [-0.2, -0.15) is 5.26 Å². The third-order valence-corrected chi connectivity index (χ3v) is 2.51. The Morgan fingerprint density at radius 1 is 1.58 bits per heavy atom. The van der Waals surface area contributed by atoms with Gasteiger partial charge in [0, 0.05) is 0 Å². The van der Waals surface area contributed by atoms with Gasteiger partial charge in [-0.1, -0.05) is 25.0 Å². The number of rotatable bonds is 3. The minimum absolute atomic E-state index is 0.218. The summed E-state index contributed by atoms with van der Waals surface area (Å²) in [6.45, 7) is 2.15. The Kier molecular flexibility index (Phi) is 3.87. The largest absolute Gasteiger partial charge is 0.198 e. The van der Waals surface area contributed by atoms with Crippen LogP contribution in [-0.2, 0) is 0 Å². The summed E-state index contributed by atoms with van der Waals surface area (Å²) in [4.78, 5) is 0. The summed E-state index contributed by atoms with van der Waals surface area (Å²) in [5.41, 5.74) is 1.41. The van der Waals surface area contributed by atoms with Crippen molar-refractivity contribution in [2.75, 3.05) is 0 Å². The van der Waals surface area contributed by atoms with Crippen molar-refractivity contribution in [1.29, 1.82) is 5.26 Å². The average Bonchev–Trinajstić information content (AvgIpc) is 2.15. The number of nitrogens with zero attached hydrogens (tertiary/aromatic N) is 1. The summed E-state index contributed by atoms with van der Waals surface area (Å²) in [5, 5.41) is 8.92. The summed E-state index contributed by atoms with van der Waals surface area (Å²) in [5.74, 6) is 0.218. The lowest BCUT2D eigenvalue weighted by molar-refractivity contribution is 0.591. The molecule has 1 nitrogen and oxygen atoms in total. The molecule has 0 saturated heterocycles. The van der Waals surface area contributed by atoms with Crippen molar-refractivity contribution in [2.24, 2.45) is 5.92 Å². The van der Waals surface area contributed by atoms with Crippen molar-refractivity contribution in [3.63, 3.8) is 0 Å². The van der Waals surface area contributed by atoms with E-state index in [1.54, 1.807) is 0 Å². The molecule has 0 unspecified atom stereocenters. The first-order valence-electron chi connectivity index (χ1n) is 4.97. The van der Waals surface area contributed by atoms with Crippen LogP contribution in [0.1, 0.15) is 45.4 Å². The Morgan fingerprint density at radius 3 is 2.92 bits per heavy atom. The molecule has 0 spiro atoms. The molecule has 0 bridgehead atoms. The minimum Gasteiger partial charge on any atom is -0.198 e. The van der Waals surface area contributed by atoms with Gasteiger partial charge in [0.25, 0.3) is 0 Å². The van der Waals surface area contributed by atoms with E-state index < -0.39 is 0 Å². The van der Waals surface area contributed by atoms with Crippen molar-refractivity contribution in [1.82, 2.24) is 0 Å². The fraction of sp³-hybridized carbons (Fsp3) is 0.727. The van der Waals surface area contributed by atoms with Gasteiger partial charge in [0.1, 0.15) is 0 Å². The van der Waals surface area contributed by atoms with Gasteiger partial charge in [-0.3, -0.25) is 0 Å². The Bertz CT molecular complexity index is 198. The zero-order valence-electron chi connectivity index (χ0n) is 7.84. The Labute approximate surface area is 75.1 Å². The first kappa shape index (κ1) is 9.32. The molecule has 0 aliphatic heterocycles. The smallest absolute Gasteiger partial charge is 0.0700 e. The van der Waals surface area contributed by atoms with E-state index >= 15 is 0 Å². The average molecular weight is 163 g/mol. The van der Waals surface area contributed by atoms with Gasteiger partial charge in [0.05, 0.1) is 12.0 Å². The summed E-state index contributed by atoms with van der Waals surface area (Å²) < 4.78 is 0. The molecule has 0 fully saturated rings. The SMILES string of the molecule is CCC[C@@H](C#N)C1=CCCCC1. The second-order valence-electron chi connectivity index (χ2n) is 3.50. The molecule has 12 heavy (non-hydrogen) atoms. The van der Waals surface area contributed by atoms with Crippen LogP contribution in [0.15, 0.2) is 11.6 Å². The van der Waals surface area contributed by atoms with E-state index in [4.69, 9.17) is 5.26 Å². The second kappa shape index (κ2) is 4.98. The highest BCUT2D eigenvalue weighted by Crippen LogP contribution is 2.26. The van der Waals surface area contributed by atoms with E-state index in [2.05, 4.69) is 19.1 Å². The monoisotopic (exact) mass is 163 g/mol. The zero-order chi connectivity index (χ0) is 8.81. The van der Waals surface area contributed by atoms with Gasteiger partial charge in [-0.15, -0.1) is 0 Å². The van der Waals surface area contributed by atoms with E-state index in [1.807, 2.05) is 0 Å². The topological polar surface area (TPSA) is 23.8 Å². The fourth-order valence-electron chi connectivity index (χ4n) is 1.80. The van der Waals surface area contributed by atoms with E-state index in [-0.39, 0.29) is 5.92 Å². The molecule has 0 aromatic heterocycles.